The number of hydrogen-bond donors (Lipinski definition) is 0. The van der Waals surface area contributed by atoms with Gasteiger partial charge in [-0.1, -0.05) is 29.8 Å². The minimum Gasteiger partial charge on any atom is -0.314 e. The molecule has 2 fully saturated rings. The number of hydrogen-bond acceptors (Lipinski definition) is 4. The molecule has 0 spiro atoms. The number of rotatable bonds is 4. The molecule has 2 aromatic carbocycles. The van der Waals surface area contributed by atoms with Gasteiger partial charge in [-0.05, 0) is 42.2 Å². The predicted octanol–water partition coefficient (Wildman–Crippen LogP) is 3.67. The molecular weight excluding hydrogens is 404 g/mol. The number of sulfone groups is 1. The molecule has 0 saturated carbocycles. The third-order valence-corrected chi connectivity index (χ3v) is 7.75. The molecular formula is C19H19ClN2O3S2. The molecule has 27 heavy (non-hydrogen) atoms. The Morgan fingerprint density at radius 1 is 1.11 bits per heavy atom. The molecule has 0 aromatic heterocycles. The highest BCUT2D eigenvalue weighted by Gasteiger charge is 2.53. The van der Waals surface area contributed by atoms with Crippen LogP contribution in [0.4, 0.5) is 10.5 Å². The molecule has 2 amide bonds. The summed E-state index contributed by atoms with van der Waals surface area (Å²) in [7, 11) is -3.18. The lowest BCUT2D eigenvalue weighted by atomic mass is 10.1. The number of anilines is 1. The van der Waals surface area contributed by atoms with Crippen LogP contribution in [0.25, 0.3) is 0 Å². The summed E-state index contributed by atoms with van der Waals surface area (Å²) in [6.07, 6.45) is 1.97. The van der Waals surface area contributed by atoms with Crippen molar-refractivity contribution in [2.45, 2.75) is 23.5 Å². The van der Waals surface area contributed by atoms with E-state index in [2.05, 4.69) is 0 Å². The predicted molar refractivity (Wildman–Crippen MR) is 109 cm³/mol. The maximum atomic E-state index is 13.2. The quantitative estimate of drug-likeness (QED) is 0.557. The van der Waals surface area contributed by atoms with Crippen molar-refractivity contribution in [3.63, 3.8) is 0 Å². The van der Waals surface area contributed by atoms with E-state index in [4.69, 9.17) is 11.6 Å². The lowest BCUT2D eigenvalue weighted by molar-refractivity contribution is 0.206. The van der Waals surface area contributed by atoms with Crippen LogP contribution in [0, 0.1) is 0 Å². The van der Waals surface area contributed by atoms with Crippen LogP contribution in [0.3, 0.4) is 0 Å². The zero-order valence-corrected chi connectivity index (χ0v) is 17.1. The second-order valence-corrected chi connectivity index (χ2v) is 10.3. The van der Waals surface area contributed by atoms with E-state index in [-0.39, 0.29) is 29.6 Å². The van der Waals surface area contributed by atoms with E-state index in [0.29, 0.717) is 11.6 Å². The van der Waals surface area contributed by atoms with E-state index in [9.17, 15) is 13.2 Å². The van der Waals surface area contributed by atoms with Crippen molar-refractivity contribution in [1.82, 2.24) is 4.90 Å². The third-order valence-electron chi connectivity index (χ3n) is 5.07. The van der Waals surface area contributed by atoms with Gasteiger partial charge in [0.2, 0.25) is 0 Å². The summed E-state index contributed by atoms with van der Waals surface area (Å²) < 4.78 is 24.6. The number of nitrogens with zero attached hydrogens (tertiary/aromatic N) is 2. The molecule has 0 aliphatic carbocycles. The Bertz CT molecular complexity index is 979. The van der Waals surface area contributed by atoms with Crippen LogP contribution in [0.5, 0.6) is 0 Å². The molecule has 2 atom stereocenters. The van der Waals surface area contributed by atoms with Crippen molar-refractivity contribution in [3.05, 3.63) is 59.1 Å². The van der Waals surface area contributed by atoms with Crippen LogP contribution >= 0.6 is 23.4 Å². The molecule has 2 unspecified atom stereocenters. The maximum Gasteiger partial charge on any atom is 0.325 e. The normalized spacial score (nSPS) is 23.7. The van der Waals surface area contributed by atoms with Crippen molar-refractivity contribution in [3.8, 4) is 0 Å². The van der Waals surface area contributed by atoms with E-state index in [1.807, 2.05) is 42.7 Å². The lowest BCUT2D eigenvalue weighted by Crippen LogP contribution is -2.37. The fourth-order valence-electron chi connectivity index (χ4n) is 3.81. The van der Waals surface area contributed by atoms with Crippen molar-refractivity contribution in [2.24, 2.45) is 0 Å². The van der Waals surface area contributed by atoms with Gasteiger partial charge in [0, 0.05) is 22.2 Å². The van der Waals surface area contributed by atoms with Gasteiger partial charge in [0.25, 0.3) is 0 Å². The van der Waals surface area contributed by atoms with Crippen LogP contribution in [-0.4, -0.2) is 49.2 Å². The van der Waals surface area contributed by atoms with Gasteiger partial charge in [-0.2, -0.15) is 0 Å². The fourth-order valence-corrected chi connectivity index (χ4v) is 6.34. The highest BCUT2D eigenvalue weighted by atomic mass is 35.5. The first kappa shape index (κ1) is 18.7. The van der Waals surface area contributed by atoms with Gasteiger partial charge < -0.3 is 4.90 Å². The molecule has 2 aromatic rings. The second kappa shape index (κ2) is 7.04. The number of urea groups is 1. The number of thioether (sulfide) groups is 1. The molecule has 0 N–H and O–H groups in total. The maximum absolute atomic E-state index is 13.2. The summed E-state index contributed by atoms with van der Waals surface area (Å²) in [5.41, 5.74) is 1.67. The van der Waals surface area contributed by atoms with Gasteiger partial charge >= 0.3 is 6.03 Å². The van der Waals surface area contributed by atoms with Gasteiger partial charge in [0.1, 0.15) is 0 Å². The van der Waals surface area contributed by atoms with Gasteiger partial charge in [0.15, 0.2) is 9.84 Å². The molecule has 2 saturated heterocycles. The number of carbonyl (C=O) groups is 1. The summed E-state index contributed by atoms with van der Waals surface area (Å²) in [5.74, 6) is 0.0136. The van der Waals surface area contributed by atoms with Crippen molar-refractivity contribution in [1.29, 1.82) is 0 Å². The Morgan fingerprint density at radius 3 is 2.52 bits per heavy atom. The summed E-state index contributed by atoms with van der Waals surface area (Å²) in [5, 5.41) is 0.628. The van der Waals surface area contributed by atoms with Gasteiger partial charge in [-0.15, -0.1) is 11.8 Å². The van der Waals surface area contributed by atoms with E-state index in [1.54, 1.807) is 33.7 Å². The van der Waals surface area contributed by atoms with Crippen LogP contribution in [0.2, 0.25) is 5.02 Å². The second-order valence-electron chi connectivity index (χ2n) is 6.82. The number of fused-ring (bicyclic) bond motifs is 1. The van der Waals surface area contributed by atoms with E-state index in [0.717, 1.165) is 16.1 Å². The van der Waals surface area contributed by atoms with E-state index in [1.165, 1.54) is 0 Å². The van der Waals surface area contributed by atoms with Gasteiger partial charge in [-0.25, -0.2) is 13.2 Å². The zero-order chi connectivity index (χ0) is 19.2. The van der Waals surface area contributed by atoms with Gasteiger partial charge in [0.05, 0.1) is 23.6 Å². The molecule has 5 nitrogen and oxygen atoms in total. The highest BCUT2D eigenvalue weighted by Crippen LogP contribution is 2.37. The Hall–Kier alpha value is -1.70. The Kier molecular flexibility index (Phi) is 4.86. The monoisotopic (exact) mass is 422 g/mol. The molecule has 0 radical (unpaired) electrons. The van der Waals surface area contributed by atoms with Crippen LogP contribution < -0.4 is 4.90 Å². The van der Waals surface area contributed by atoms with Gasteiger partial charge in [-0.3, -0.25) is 4.90 Å². The minimum atomic E-state index is -3.18. The number of amides is 2. The molecule has 142 valence electrons. The van der Waals surface area contributed by atoms with Crippen molar-refractivity contribution < 1.29 is 13.2 Å². The highest BCUT2D eigenvalue weighted by molar-refractivity contribution is 7.98. The summed E-state index contributed by atoms with van der Waals surface area (Å²) in [4.78, 5) is 17.6. The summed E-state index contributed by atoms with van der Waals surface area (Å²) in [6, 6.07) is 14.1. The Labute approximate surface area is 168 Å². The SMILES string of the molecule is CSc1cccc(N2C(=O)N(Cc3ccc(Cl)cc3)C3CS(=O)(=O)CC32)c1. The van der Waals surface area contributed by atoms with Crippen LogP contribution in [0.15, 0.2) is 53.4 Å². The first-order valence-corrected chi connectivity index (χ1v) is 12.0. The molecule has 4 rings (SSSR count). The topological polar surface area (TPSA) is 57.7 Å². The number of carbonyl (C=O) groups excluding carboxylic acids is 1. The average Bonchev–Trinajstić information content (AvgIpc) is 3.07. The molecule has 2 aliphatic heterocycles. The third kappa shape index (κ3) is 3.56. The average molecular weight is 423 g/mol. The standard InChI is InChI=1S/C19H19ClN2O3S2/c1-26-16-4-2-3-15(9-16)22-18-12-27(24,25)11-17(18)21(19(22)23)10-13-5-7-14(20)8-6-13/h2-9,17-18H,10-12H2,1H3. The number of benzene rings is 2. The molecule has 8 heteroatoms. The largest absolute Gasteiger partial charge is 0.325 e. The van der Waals surface area contributed by atoms with Crippen molar-refractivity contribution in [2.75, 3.05) is 22.7 Å². The smallest absolute Gasteiger partial charge is 0.314 e. The molecule has 2 heterocycles. The first-order valence-electron chi connectivity index (χ1n) is 8.57. The minimum absolute atomic E-state index is 0.00399. The zero-order valence-electron chi connectivity index (χ0n) is 14.7. The summed E-state index contributed by atoms with van der Waals surface area (Å²) in [6.45, 7) is 0.366. The lowest BCUT2D eigenvalue weighted by Gasteiger charge is -2.23. The molecule has 0 bridgehead atoms. The van der Waals surface area contributed by atoms with Crippen molar-refractivity contribution >= 4 is 44.9 Å². The number of halogens is 1. The first-order chi connectivity index (χ1) is 12.9. The van der Waals surface area contributed by atoms with E-state index < -0.39 is 9.84 Å². The Morgan fingerprint density at radius 2 is 1.81 bits per heavy atom. The fraction of sp³-hybridized carbons (Fsp3) is 0.316. The van der Waals surface area contributed by atoms with Crippen LogP contribution in [-0.2, 0) is 16.4 Å². The van der Waals surface area contributed by atoms with Crippen LogP contribution in [0.1, 0.15) is 5.56 Å². The van der Waals surface area contributed by atoms with E-state index >= 15 is 0 Å². The molecule has 2 aliphatic rings. The Balaban J connectivity index is 1.70. The summed E-state index contributed by atoms with van der Waals surface area (Å²) >= 11 is 7.54.